The van der Waals surface area contributed by atoms with Crippen molar-refractivity contribution in [2.24, 2.45) is 0 Å². The molecule has 1 heterocycles. The van der Waals surface area contributed by atoms with E-state index in [0.29, 0.717) is 18.7 Å². The summed E-state index contributed by atoms with van der Waals surface area (Å²) in [5, 5.41) is 11.2. The van der Waals surface area contributed by atoms with E-state index in [1.165, 1.54) is 16.4 Å². The number of halogens is 1. The van der Waals surface area contributed by atoms with E-state index in [4.69, 9.17) is 5.11 Å². The molecule has 158 valence electrons. The molecule has 1 fully saturated rings. The van der Waals surface area contributed by atoms with Gasteiger partial charge in [-0.3, -0.25) is 0 Å². The maximum absolute atomic E-state index is 13.1. The van der Waals surface area contributed by atoms with E-state index < -0.39 is 27.9 Å². The molecule has 0 radical (unpaired) electrons. The molecule has 9 heteroatoms. The molecule has 30 heavy (non-hydrogen) atoms. The summed E-state index contributed by atoms with van der Waals surface area (Å²) in [6.07, 6.45) is -1.33. The lowest BCUT2D eigenvalue weighted by Crippen LogP contribution is -2.51. The average Bonchev–Trinajstić information content (AvgIpc) is 2.73. The average molecular weight is 431 g/mol. The highest BCUT2D eigenvalue weighted by molar-refractivity contribution is 7.89. The van der Waals surface area contributed by atoms with Crippen molar-refractivity contribution in [3.8, 4) is 11.8 Å². The summed E-state index contributed by atoms with van der Waals surface area (Å²) in [6, 6.07) is 13.9. The molecule has 1 saturated heterocycles. The first-order chi connectivity index (χ1) is 14.3. The number of nitrogens with zero attached hydrogens (tertiary/aromatic N) is 2. The minimum Gasteiger partial charge on any atom is -0.465 e. The number of hydrogen-bond donors (Lipinski definition) is 2. The topological polar surface area (TPSA) is 89.9 Å². The number of carbonyl (C=O) groups is 1. The van der Waals surface area contributed by atoms with Gasteiger partial charge in [0.2, 0.25) is 10.0 Å². The zero-order valence-electron chi connectivity index (χ0n) is 16.2. The van der Waals surface area contributed by atoms with E-state index in [2.05, 4.69) is 17.2 Å². The summed E-state index contributed by atoms with van der Waals surface area (Å²) < 4.78 is 40.1. The van der Waals surface area contributed by atoms with Crippen molar-refractivity contribution < 1.29 is 22.7 Å². The number of piperazine rings is 1. The highest BCUT2D eigenvalue weighted by Gasteiger charge is 2.29. The third-order valence-electron chi connectivity index (χ3n) is 4.66. The molecule has 1 atom stereocenters. The number of anilines is 1. The Labute approximate surface area is 175 Å². The first-order valence-electron chi connectivity index (χ1n) is 9.38. The van der Waals surface area contributed by atoms with Crippen LogP contribution in [-0.4, -0.2) is 61.9 Å². The highest BCUT2D eigenvalue weighted by Crippen LogP contribution is 2.18. The van der Waals surface area contributed by atoms with Crippen molar-refractivity contribution in [1.29, 1.82) is 0 Å². The molecule has 0 spiro atoms. The number of carboxylic acid groups (broad SMARTS) is 1. The third-order valence-corrected chi connectivity index (χ3v) is 6.57. The second-order valence-electron chi connectivity index (χ2n) is 6.78. The molecule has 0 unspecified atom stereocenters. The van der Waals surface area contributed by atoms with Gasteiger partial charge >= 0.3 is 6.09 Å². The molecular weight excluding hydrogens is 409 g/mol. The monoisotopic (exact) mass is 431 g/mol. The number of sulfonamides is 1. The molecule has 0 aliphatic carbocycles. The Morgan fingerprint density at radius 2 is 1.70 bits per heavy atom. The maximum Gasteiger partial charge on any atom is 0.405 e. The SMILES string of the molecule is O=C(O)N[C@H](C#Cc1ccccc1)CS(=O)(=O)N1CCN(c2ccc(F)cc2)CC1. The molecular formula is C21H22FN3O4S. The number of rotatable bonds is 5. The lowest BCUT2D eigenvalue weighted by molar-refractivity contribution is 0.193. The third kappa shape index (κ3) is 5.95. The second kappa shape index (κ2) is 9.61. The molecule has 0 saturated carbocycles. The largest absolute Gasteiger partial charge is 0.465 e. The standard InChI is InChI=1S/C21H22FN3O4S/c22-18-7-10-20(11-8-18)24-12-14-25(15-13-24)30(28,29)16-19(23-21(26)27)9-6-17-4-2-1-3-5-17/h1-5,7-8,10-11,19,23H,12-16H2,(H,26,27)/t19-/m1/s1. The Morgan fingerprint density at radius 1 is 1.07 bits per heavy atom. The van der Waals surface area contributed by atoms with E-state index in [0.717, 1.165) is 5.69 Å². The summed E-state index contributed by atoms with van der Waals surface area (Å²) in [4.78, 5) is 13.1. The molecule has 2 aromatic carbocycles. The van der Waals surface area contributed by atoms with Crippen molar-refractivity contribution in [2.45, 2.75) is 6.04 Å². The summed E-state index contributed by atoms with van der Waals surface area (Å²) in [5.74, 6) is 4.75. The summed E-state index contributed by atoms with van der Waals surface area (Å²) in [7, 11) is -3.73. The van der Waals surface area contributed by atoms with E-state index in [1.54, 1.807) is 36.4 Å². The first-order valence-corrected chi connectivity index (χ1v) is 11.0. The molecule has 0 bridgehead atoms. The van der Waals surface area contributed by atoms with Gasteiger partial charge in [-0.2, -0.15) is 4.31 Å². The molecule has 0 aromatic heterocycles. The Kier molecular flexibility index (Phi) is 6.92. The highest BCUT2D eigenvalue weighted by atomic mass is 32.2. The van der Waals surface area contributed by atoms with Crippen LogP contribution in [0.25, 0.3) is 0 Å². The molecule has 1 aliphatic heterocycles. The number of hydrogen-bond acceptors (Lipinski definition) is 4. The van der Waals surface area contributed by atoms with Crippen LogP contribution in [0.3, 0.4) is 0 Å². The van der Waals surface area contributed by atoms with E-state index >= 15 is 0 Å². The Hall–Kier alpha value is -3.09. The van der Waals surface area contributed by atoms with Gasteiger partial charge in [0.15, 0.2) is 0 Å². The van der Waals surface area contributed by atoms with Gasteiger partial charge in [-0.15, -0.1) is 0 Å². The minimum absolute atomic E-state index is 0.256. The van der Waals surface area contributed by atoms with Crippen LogP contribution in [-0.2, 0) is 10.0 Å². The van der Waals surface area contributed by atoms with Crippen LogP contribution in [0.4, 0.5) is 14.9 Å². The van der Waals surface area contributed by atoms with Gasteiger partial charge in [0.25, 0.3) is 0 Å². The number of benzene rings is 2. The lowest BCUT2D eigenvalue weighted by atomic mass is 10.2. The second-order valence-corrected chi connectivity index (χ2v) is 8.79. The fourth-order valence-corrected chi connectivity index (χ4v) is 4.67. The van der Waals surface area contributed by atoms with Gasteiger partial charge in [0, 0.05) is 37.4 Å². The normalized spacial score (nSPS) is 15.7. The summed E-state index contributed by atoms with van der Waals surface area (Å²) >= 11 is 0. The zero-order valence-corrected chi connectivity index (χ0v) is 17.0. The van der Waals surface area contributed by atoms with Crippen LogP contribution in [0, 0.1) is 17.7 Å². The number of nitrogens with one attached hydrogen (secondary N) is 1. The van der Waals surface area contributed by atoms with Gasteiger partial charge < -0.3 is 15.3 Å². The Morgan fingerprint density at radius 3 is 2.30 bits per heavy atom. The van der Waals surface area contributed by atoms with Crippen molar-refractivity contribution in [3.63, 3.8) is 0 Å². The van der Waals surface area contributed by atoms with Crippen molar-refractivity contribution in [1.82, 2.24) is 9.62 Å². The minimum atomic E-state index is -3.73. The predicted octanol–water partition coefficient (Wildman–Crippen LogP) is 1.97. The molecule has 2 N–H and O–H groups in total. The van der Waals surface area contributed by atoms with Crippen LogP contribution < -0.4 is 10.2 Å². The van der Waals surface area contributed by atoms with Gasteiger partial charge in [0.05, 0.1) is 5.75 Å². The van der Waals surface area contributed by atoms with E-state index in [-0.39, 0.29) is 18.9 Å². The number of amides is 1. The van der Waals surface area contributed by atoms with Crippen molar-refractivity contribution >= 4 is 21.8 Å². The fourth-order valence-electron chi connectivity index (χ4n) is 3.15. The Balaban J connectivity index is 1.65. The predicted molar refractivity (Wildman–Crippen MR) is 112 cm³/mol. The smallest absolute Gasteiger partial charge is 0.405 e. The van der Waals surface area contributed by atoms with Crippen LogP contribution in [0.1, 0.15) is 5.56 Å². The molecule has 7 nitrogen and oxygen atoms in total. The van der Waals surface area contributed by atoms with Crippen LogP contribution in [0.15, 0.2) is 54.6 Å². The summed E-state index contributed by atoms with van der Waals surface area (Å²) in [6.45, 7) is 1.42. The van der Waals surface area contributed by atoms with Gasteiger partial charge in [-0.05, 0) is 36.4 Å². The van der Waals surface area contributed by atoms with Crippen LogP contribution in [0.5, 0.6) is 0 Å². The molecule has 1 amide bonds. The quantitative estimate of drug-likeness (QED) is 0.707. The van der Waals surface area contributed by atoms with E-state index in [1.807, 2.05) is 11.0 Å². The molecule has 2 aromatic rings. The van der Waals surface area contributed by atoms with E-state index in [9.17, 15) is 17.6 Å². The lowest BCUT2D eigenvalue weighted by Gasteiger charge is -2.35. The fraction of sp³-hybridized carbons (Fsp3) is 0.286. The van der Waals surface area contributed by atoms with Crippen LogP contribution in [0.2, 0.25) is 0 Å². The van der Waals surface area contributed by atoms with Gasteiger partial charge in [-0.1, -0.05) is 30.0 Å². The van der Waals surface area contributed by atoms with Gasteiger partial charge in [-0.25, -0.2) is 17.6 Å². The first kappa shape index (κ1) is 21.6. The van der Waals surface area contributed by atoms with Gasteiger partial charge in [0.1, 0.15) is 11.9 Å². The molecule has 3 rings (SSSR count). The molecule has 1 aliphatic rings. The zero-order chi connectivity index (χ0) is 21.6. The van der Waals surface area contributed by atoms with Crippen LogP contribution >= 0.6 is 0 Å². The van der Waals surface area contributed by atoms with Crippen molar-refractivity contribution in [2.75, 3.05) is 36.8 Å². The Bertz CT molecular complexity index is 1030. The maximum atomic E-state index is 13.1. The van der Waals surface area contributed by atoms with Crippen molar-refractivity contribution in [3.05, 3.63) is 66.0 Å². The summed E-state index contributed by atoms with van der Waals surface area (Å²) in [5.41, 5.74) is 1.49.